The Morgan fingerprint density at radius 3 is 2.09 bits per heavy atom. The number of amides is 2. The van der Waals surface area contributed by atoms with Crippen LogP contribution in [0.15, 0.2) is 66.7 Å². The summed E-state index contributed by atoms with van der Waals surface area (Å²) in [6.45, 7) is 12.3. The van der Waals surface area contributed by atoms with E-state index in [0.29, 0.717) is 25.2 Å². The molecule has 1 heterocycles. The number of thiophene rings is 1. The van der Waals surface area contributed by atoms with Crippen LogP contribution < -0.4 is 0 Å². The quantitative estimate of drug-likeness (QED) is 0.357. The van der Waals surface area contributed by atoms with Gasteiger partial charge in [0.15, 0.2) is 0 Å². The van der Waals surface area contributed by atoms with Crippen molar-refractivity contribution in [2.75, 3.05) is 13.1 Å². The largest absolute Gasteiger partial charge is 0.332 e. The van der Waals surface area contributed by atoms with Gasteiger partial charge in [-0.3, -0.25) is 9.59 Å². The van der Waals surface area contributed by atoms with Crippen LogP contribution in [0.5, 0.6) is 0 Å². The topological polar surface area (TPSA) is 40.6 Å². The van der Waals surface area contributed by atoms with Gasteiger partial charge in [-0.15, -0.1) is 11.3 Å². The lowest BCUT2D eigenvalue weighted by Crippen LogP contribution is -2.42. The number of hydrogen-bond acceptors (Lipinski definition) is 3. The van der Waals surface area contributed by atoms with Gasteiger partial charge < -0.3 is 9.80 Å². The molecule has 180 valence electrons. The number of carbonyl (C=O) groups excluding carboxylic acids is 2. The molecule has 5 heteroatoms. The summed E-state index contributed by atoms with van der Waals surface area (Å²) in [5.41, 5.74) is 2.91. The molecule has 1 aromatic heterocycles. The van der Waals surface area contributed by atoms with Crippen molar-refractivity contribution < 1.29 is 9.59 Å². The molecule has 0 aliphatic rings. The molecule has 0 aliphatic heterocycles. The van der Waals surface area contributed by atoms with E-state index in [1.54, 1.807) is 16.2 Å². The van der Waals surface area contributed by atoms with Crippen molar-refractivity contribution in [1.29, 1.82) is 0 Å². The van der Waals surface area contributed by atoms with Gasteiger partial charge in [0.05, 0.1) is 6.54 Å². The summed E-state index contributed by atoms with van der Waals surface area (Å²) >= 11 is 1.71. The predicted octanol–water partition coefficient (Wildman–Crippen LogP) is 6.44. The summed E-state index contributed by atoms with van der Waals surface area (Å²) in [6.07, 6.45) is 0.794. The van der Waals surface area contributed by atoms with Crippen molar-refractivity contribution >= 4 is 23.2 Å². The molecule has 4 nitrogen and oxygen atoms in total. The second-order valence-corrected chi connectivity index (χ2v) is 11.2. The molecule has 0 fully saturated rings. The fraction of sp³-hybridized carbons (Fsp3) is 0.379. The van der Waals surface area contributed by atoms with Gasteiger partial charge in [0.2, 0.25) is 5.91 Å². The van der Waals surface area contributed by atoms with Gasteiger partial charge in [-0.2, -0.15) is 0 Å². The Bertz CT molecular complexity index is 1080. The molecule has 0 saturated carbocycles. The van der Waals surface area contributed by atoms with E-state index < -0.39 is 0 Å². The Hall–Kier alpha value is -2.92. The highest BCUT2D eigenvalue weighted by atomic mass is 32.1. The summed E-state index contributed by atoms with van der Waals surface area (Å²) in [6, 6.07) is 22.0. The van der Waals surface area contributed by atoms with E-state index in [0.717, 1.165) is 16.9 Å². The first kappa shape index (κ1) is 25.7. The van der Waals surface area contributed by atoms with Crippen molar-refractivity contribution in [3.63, 3.8) is 0 Å². The lowest BCUT2D eigenvalue weighted by Gasteiger charge is -2.28. The molecule has 0 spiro atoms. The summed E-state index contributed by atoms with van der Waals surface area (Å²) < 4.78 is 0. The van der Waals surface area contributed by atoms with Gasteiger partial charge in [0, 0.05) is 28.4 Å². The van der Waals surface area contributed by atoms with E-state index in [4.69, 9.17) is 0 Å². The summed E-state index contributed by atoms with van der Waals surface area (Å²) in [4.78, 5) is 32.8. The Kier molecular flexibility index (Phi) is 8.67. The summed E-state index contributed by atoms with van der Waals surface area (Å²) in [7, 11) is 0. The fourth-order valence-corrected chi connectivity index (χ4v) is 4.78. The average Bonchev–Trinajstić information content (AvgIpc) is 3.22. The highest BCUT2D eigenvalue weighted by molar-refractivity contribution is 7.11. The molecule has 3 rings (SSSR count). The van der Waals surface area contributed by atoms with Gasteiger partial charge in [-0.1, -0.05) is 70.2 Å². The van der Waals surface area contributed by atoms with E-state index in [2.05, 4.69) is 39.8 Å². The number of nitrogens with zero attached hydrogens (tertiary/aromatic N) is 2. The Labute approximate surface area is 208 Å². The van der Waals surface area contributed by atoms with Crippen molar-refractivity contribution in [3.05, 3.63) is 93.2 Å². The molecule has 0 saturated heterocycles. The van der Waals surface area contributed by atoms with Gasteiger partial charge in [-0.25, -0.2) is 0 Å². The van der Waals surface area contributed by atoms with Crippen LogP contribution in [-0.4, -0.2) is 34.7 Å². The monoisotopic (exact) mass is 476 g/mol. The second kappa shape index (κ2) is 11.5. The Morgan fingerprint density at radius 2 is 1.53 bits per heavy atom. The lowest BCUT2D eigenvalue weighted by molar-refractivity contribution is -0.133. The Balaban J connectivity index is 1.78. The third-order valence-electron chi connectivity index (χ3n) is 5.82. The third-order valence-corrected chi connectivity index (χ3v) is 6.80. The molecule has 0 bridgehead atoms. The predicted molar refractivity (Wildman–Crippen MR) is 141 cm³/mol. The molecule has 34 heavy (non-hydrogen) atoms. The van der Waals surface area contributed by atoms with Gasteiger partial charge in [0.25, 0.3) is 5.91 Å². The number of benzene rings is 2. The highest BCUT2D eigenvalue weighted by Crippen LogP contribution is 2.23. The van der Waals surface area contributed by atoms with Crippen LogP contribution in [0.3, 0.4) is 0 Å². The highest BCUT2D eigenvalue weighted by Gasteiger charge is 2.23. The maximum absolute atomic E-state index is 13.5. The lowest BCUT2D eigenvalue weighted by atomic mass is 9.86. The van der Waals surface area contributed by atoms with E-state index in [9.17, 15) is 9.59 Å². The second-order valence-electron chi connectivity index (χ2n) is 9.80. The molecule has 0 radical (unpaired) electrons. The first-order valence-electron chi connectivity index (χ1n) is 11.9. The molecule has 3 aromatic rings. The van der Waals surface area contributed by atoms with E-state index in [1.807, 2.05) is 66.4 Å². The number of aryl methyl sites for hydroxylation is 1. The normalized spacial score (nSPS) is 11.3. The third kappa shape index (κ3) is 7.04. The van der Waals surface area contributed by atoms with Crippen molar-refractivity contribution in [1.82, 2.24) is 9.80 Å². The molecular formula is C29H36N2O2S. The molecule has 2 aromatic carbocycles. The minimum atomic E-state index is -0.0951. The van der Waals surface area contributed by atoms with Crippen LogP contribution in [0.2, 0.25) is 0 Å². The van der Waals surface area contributed by atoms with Crippen LogP contribution in [-0.2, 0) is 23.3 Å². The van der Waals surface area contributed by atoms with Gasteiger partial charge in [0.1, 0.15) is 6.54 Å². The van der Waals surface area contributed by atoms with Crippen LogP contribution in [0.25, 0.3) is 0 Å². The smallest absolute Gasteiger partial charge is 0.254 e. The van der Waals surface area contributed by atoms with E-state index in [1.165, 1.54) is 10.4 Å². The zero-order valence-electron chi connectivity index (χ0n) is 21.0. The SMILES string of the molecule is CCCN(CC(=O)N(Cc1ccccc1)Cc1ccc(C)s1)C(=O)c1ccc(C(C)(C)C)cc1. The Morgan fingerprint density at radius 1 is 0.853 bits per heavy atom. The maximum atomic E-state index is 13.5. The molecule has 2 amide bonds. The minimum absolute atomic E-state index is 0.0265. The first-order valence-corrected chi connectivity index (χ1v) is 12.8. The van der Waals surface area contributed by atoms with Crippen LogP contribution >= 0.6 is 11.3 Å². The zero-order valence-corrected chi connectivity index (χ0v) is 21.8. The minimum Gasteiger partial charge on any atom is -0.332 e. The van der Waals surface area contributed by atoms with Crippen LogP contribution in [0, 0.1) is 6.92 Å². The number of rotatable bonds is 9. The zero-order chi connectivity index (χ0) is 24.7. The van der Waals surface area contributed by atoms with Crippen molar-refractivity contribution in [3.8, 4) is 0 Å². The van der Waals surface area contributed by atoms with Crippen molar-refractivity contribution in [2.24, 2.45) is 0 Å². The van der Waals surface area contributed by atoms with Gasteiger partial charge >= 0.3 is 0 Å². The molecule has 0 atom stereocenters. The number of hydrogen-bond donors (Lipinski definition) is 0. The standard InChI is InChI=1S/C29H36N2O2S/c1-6-18-30(28(33)24-13-15-25(16-14-24)29(3,4)5)21-27(32)31(19-23-10-8-7-9-11-23)20-26-17-12-22(2)34-26/h7-17H,6,18-21H2,1-5H3. The molecule has 0 unspecified atom stereocenters. The summed E-state index contributed by atoms with van der Waals surface area (Å²) in [5, 5.41) is 0. The summed E-state index contributed by atoms with van der Waals surface area (Å²) in [5.74, 6) is -0.134. The van der Waals surface area contributed by atoms with Gasteiger partial charge in [-0.05, 0) is 54.2 Å². The fourth-order valence-electron chi connectivity index (χ4n) is 3.88. The van der Waals surface area contributed by atoms with E-state index >= 15 is 0 Å². The van der Waals surface area contributed by atoms with Crippen molar-refractivity contribution in [2.45, 2.75) is 59.5 Å². The van der Waals surface area contributed by atoms with E-state index in [-0.39, 0.29) is 23.8 Å². The maximum Gasteiger partial charge on any atom is 0.254 e. The molecule has 0 N–H and O–H groups in total. The molecular weight excluding hydrogens is 440 g/mol. The number of carbonyl (C=O) groups is 2. The average molecular weight is 477 g/mol. The molecule has 0 aliphatic carbocycles. The first-order chi connectivity index (χ1) is 16.2. The van der Waals surface area contributed by atoms with Crippen LogP contribution in [0.4, 0.5) is 0 Å². The van der Waals surface area contributed by atoms with Crippen LogP contribution in [0.1, 0.15) is 65.4 Å².